The van der Waals surface area contributed by atoms with E-state index < -0.39 is 0 Å². The van der Waals surface area contributed by atoms with Crippen molar-refractivity contribution in [1.29, 1.82) is 0 Å². The van der Waals surface area contributed by atoms with Crippen LogP contribution in [0.4, 0.5) is 0 Å². The molecule has 1 aliphatic carbocycles. The van der Waals surface area contributed by atoms with Crippen LogP contribution in [0.2, 0.25) is 0 Å². The fourth-order valence-corrected chi connectivity index (χ4v) is 3.45. The molecule has 1 atom stereocenters. The fourth-order valence-electron chi connectivity index (χ4n) is 2.26. The van der Waals surface area contributed by atoms with Crippen molar-refractivity contribution in [2.24, 2.45) is 13.0 Å². The Morgan fingerprint density at radius 1 is 1.47 bits per heavy atom. The van der Waals surface area contributed by atoms with Crippen molar-refractivity contribution >= 4 is 11.3 Å². The standard InChI is InChI=1S/C13H17N3S/c1-14-13(9-3-4-9)12-6-5-11(17-12)10-7-15-16(2)8-10/h5-9,13-14H,3-4H2,1-2H3. The molecule has 0 saturated heterocycles. The molecule has 0 radical (unpaired) electrons. The largest absolute Gasteiger partial charge is 0.312 e. The van der Waals surface area contributed by atoms with Crippen LogP contribution in [0.5, 0.6) is 0 Å². The zero-order chi connectivity index (χ0) is 11.8. The first kappa shape index (κ1) is 11.0. The first-order valence-electron chi connectivity index (χ1n) is 6.04. The molecule has 1 unspecified atom stereocenters. The van der Waals surface area contributed by atoms with Gasteiger partial charge >= 0.3 is 0 Å². The molecule has 2 heterocycles. The maximum atomic E-state index is 4.22. The molecule has 0 aliphatic heterocycles. The van der Waals surface area contributed by atoms with E-state index >= 15 is 0 Å². The summed E-state index contributed by atoms with van der Waals surface area (Å²) in [6.45, 7) is 0. The predicted octanol–water partition coefficient (Wildman–Crippen LogP) is 2.82. The average molecular weight is 247 g/mol. The van der Waals surface area contributed by atoms with E-state index in [1.807, 2.05) is 29.3 Å². The second-order valence-corrected chi connectivity index (χ2v) is 5.82. The Hall–Kier alpha value is -1.13. The lowest BCUT2D eigenvalue weighted by Crippen LogP contribution is -2.16. The van der Waals surface area contributed by atoms with E-state index in [9.17, 15) is 0 Å². The molecule has 0 bridgehead atoms. The molecular formula is C13H17N3S. The second-order valence-electron chi connectivity index (χ2n) is 4.71. The predicted molar refractivity (Wildman–Crippen MR) is 71.0 cm³/mol. The second kappa shape index (κ2) is 4.27. The monoisotopic (exact) mass is 247 g/mol. The number of hydrogen-bond acceptors (Lipinski definition) is 3. The summed E-state index contributed by atoms with van der Waals surface area (Å²) in [5, 5.41) is 7.66. The van der Waals surface area contributed by atoms with Gasteiger partial charge in [0.25, 0.3) is 0 Å². The topological polar surface area (TPSA) is 29.9 Å². The van der Waals surface area contributed by atoms with Gasteiger partial charge in [0.1, 0.15) is 0 Å². The highest BCUT2D eigenvalue weighted by Gasteiger charge is 2.32. The van der Waals surface area contributed by atoms with E-state index in [0.29, 0.717) is 6.04 Å². The normalized spacial score (nSPS) is 17.3. The quantitative estimate of drug-likeness (QED) is 0.900. The van der Waals surface area contributed by atoms with Gasteiger partial charge in [-0.15, -0.1) is 11.3 Å². The maximum absolute atomic E-state index is 4.22. The van der Waals surface area contributed by atoms with Crippen LogP contribution in [0, 0.1) is 5.92 Å². The minimum atomic E-state index is 0.547. The molecule has 1 N–H and O–H groups in total. The van der Waals surface area contributed by atoms with Crippen LogP contribution in [0.1, 0.15) is 23.8 Å². The van der Waals surface area contributed by atoms with Gasteiger partial charge in [0.15, 0.2) is 0 Å². The molecule has 4 heteroatoms. The average Bonchev–Trinajstić information content (AvgIpc) is 2.87. The van der Waals surface area contributed by atoms with Crippen LogP contribution >= 0.6 is 11.3 Å². The third-order valence-electron chi connectivity index (χ3n) is 3.33. The molecule has 0 aromatic carbocycles. The summed E-state index contributed by atoms with van der Waals surface area (Å²) in [5.74, 6) is 0.848. The minimum Gasteiger partial charge on any atom is -0.312 e. The van der Waals surface area contributed by atoms with Gasteiger partial charge < -0.3 is 5.32 Å². The first-order valence-corrected chi connectivity index (χ1v) is 6.85. The summed E-state index contributed by atoms with van der Waals surface area (Å²) in [6, 6.07) is 5.02. The number of nitrogens with zero attached hydrogens (tertiary/aromatic N) is 2. The summed E-state index contributed by atoms with van der Waals surface area (Å²) >= 11 is 1.88. The summed E-state index contributed by atoms with van der Waals surface area (Å²) < 4.78 is 1.85. The number of thiophene rings is 1. The van der Waals surface area contributed by atoms with Crippen molar-refractivity contribution in [3.05, 3.63) is 29.4 Å². The smallest absolute Gasteiger partial charge is 0.0576 e. The van der Waals surface area contributed by atoms with E-state index in [2.05, 4.69) is 35.8 Å². The molecule has 90 valence electrons. The number of aryl methyl sites for hydroxylation is 1. The third-order valence-corrected chi connectivity index (χ3v) is 4.54. The van der Waals surface area contributed by atoms with Gasteiger partial charge in [0.05, 0.1) is 6.20 Å². The summed E-state index contributed by atoms with van der Waals surface area (Å²) in [5.41, 5.74) is 1.22. The molecule has 0 amide bonds. The molecule has 1 fully saturated rings. The zero-order valence-corrected chi connectivity index (χ0v) is 11.0. The van der Waals surface area contributed by atoms with Crippen molar-refractivity contribution in [1.82, 2.24) is 15.1 Å². The van der Waals surface area contributed by atoms with Crippen molar-refractivity contribution < 1.29 is 0 Å². The summed E-state index contributed by atoms with van der Waals surface area (Å²) in [6.07, 6.45) is 6.74. The molecule has 0 spiro atoms. The highest BCUT2D eigenvalue weighted by Crippen LogP contribution is 2.43. The number of rotatable bonds is 4. The van der Waals surface area contributed by atoms with Crippen LogP contribution in [0.3, 0.4) is 0 Å². The Balaban J connectivity index is 1.86. The zero-order valence-electron chi connectivity index (χ0n) is 10.2. The van der Waals surface area contributed by atoms with Gasteiger partial charge in [0, 0.05) is 34.6 Å². The minimum absolute atomic E-state index is 0.547. The van der Waals surface area contributed by atoms with E-state index in [4.69, 9.17) is 0 Å². The van der Waals surface area contributed by atoms with Crippen LogP contribution in [-0.4, -0.2) is 16.8 Å². The highest BCUT2D eigenvalue weighted by molar-refractivity contribution is 7.15. The van der Waals surface area contributed by atoms with Gasteiger partial charge in [0.2, 0.25) is 0 Å². The molecule has 1 aliphatic rings. The molecule has 3 rings (SSSR count). The molecule has 2 aromatic heterocycles. The lowest BCUT2D eigenvalue weighted by atomic mass is 10.1. The highest BCUT2D eigenvalue weighted by atomic mass is 32.1. The SMILES string of the molecule is CNC(c1ccc(-c2cnn(C)c2)s1)C1CC1. The fraction of sp³-hybridized carbons (Fsp3) is 0.462. The van der Waals surface area contributed by atoms with Gasteiger partial charge in [-0.25, -0.2) is 0 Å². The molecule has 17 heavy (non-hydrogen) atoms. The van der Waals surface area contributed by atoms with Crippen molar-refractivity contribution in [3.63, 3.8) is 0 Å². The molecular weight excluding hydrogens is 230 g/mol. The van der Waals surface area contributed by atoms with E-state index in [1.165, 1.54) is 28.2 Å². The van der Waals surface area contributed by atoms with E-state index in [-0.39, 0.29) is 0 Å². The number of hydrogen-bond donors (Lipinski definition) is 1. The van der Waals surface area contributed by atoms with Gasteiger partial charge in [-0.3, -0.25) is 4.68 Å². The number of nitrogens with one attached hydrogen (secondary N) is 1. The lowest BCUT2D eigenvalue weighted by Gasteiger charge is -2.12. The maximum Gasteiger partial charge on any atom is 0.0576 e. The Kier molecular flexibility index (Phi) is 2.76. The summed E-state index contributed by atoms with van der Waals surface area (Å²) in [7, 11) is 4.02. The Morgan fingerprint density at radius 2 is 2.29 bits per heavy atom. The van der Waals surface area contributed by atoms with E-state index in [1.54, 1.807) is 0 Å². The molecule has 2 aromatic rings. The van der Waals surface area contributed by atoms with Crippen LogP contribution < -0.4 is 5.32 Å². The summed E-state index contributed by atoms with van der Waals surface area (Å²) in [4.78, 5) is 2.77. The molecule has 3 nitrogen and oxygen atoms in total. The Labute approximate surface area is 105 Å². The van der Waals surface area contributed by atoms with Crippen LogP contribution in [0.15, 0.2) is 24.5 Å². The molecule has 1 saturated carbocycles. The van der Waals surface area contributed by atoms with Gasteiger partial charge in [-0.1, -0.05) is 0 Å². The van der Waals surface area contributed by atoms with Crippen molar-refractivity contribution in [2.75, 3.05) is 7.05 Å². The van der Waals surface area contributed by atoms with Gasteiger partial charge in [-0.05, 0) is 37.9 Å². The van der Waals surface area contributed by atoms with Gasteiger partial charge in [-0.2, -0.15) is 5.10 Å². The van der Waals surface area contributed by atoms with Crippen LogP contribution in [-0.2, 0) is 7.05 Å². The number of aromatic nitrogens is 2. The van der Waals surface area contributed by atoms with Crippen molar-refractivity contribution in [3.8, 4) is 10.4 Å². The first-order chi connectivity index (χ1) is 8.28. The van der Waals surface area contributed by atoms with Crippen LogP contribution in [0.25, 0.3) is 10.4 Å². The lowest BCUT2D eigenvalue weighted by molar-refractivity contribution is 0.537. The van der Waals surface area contributed by atoms with E-state index in [0.717, 1.165) is 5.92 Å². The third kappa shape index (κ3) is 2.15. The Morgan fingerprint density at radius 3 is 2.88 bits per heavy atom. The van der Waals surface area contributed by atoms with Crippen molar-refractivity contribution in [2.45, 2.75) is 18.9 Å². The Bertz CT molecular complexity index is 510.